The molecule has 0 unspecified atom stereocenters. The van der Waals surface area contributed by atoms with Crippen LogP contribution in [0.2, 0.25) is 0 Å². The molecule has 3 aromatic heterocycles. The second-order valence-electron chi connectivity index (χ2n) is 39.5. The van der Waals surface area contributed by atoms with Crippen LogP contribution in [0.25, 0.3) is 250 Å². The fourth-order valence-corrected chi connectivity index (χ4v) is 24.1. The van der Waals surface area contributed by atoms with Crippen molar-refractivity contribution in [2.24, 2.45) is 0 Å². The number of anilines is 9. The second-order valence-corrected chi connectivity index (χ2v) is 39.5. The predicted molar refractivity (Wildman–Crippen MR) is 639 cm³/mol. The van der Waals surface area contributed by atoms with Crippen LogP contribution in [-0.4, -0.2) is 0 Å². The molecule has 0 aliphatic carbocycles. The molecule has 0 atom stereocenters. The number of para-hydroxylation sites is 3. The van der Waals surface area contributed by atoms with Gasteiger partial charge < -0.3 is 28.0 Å². The third-order valence-corrected chi connectivity index (χ3v) is 31.2. The molecule has 0 fully saturated rings. The number of benzene rings is 29. The van der Waals surface area contributed by atoms with Crippen LogP contribution < -0.4 is 14.7 Å². The minimum absolute atomic E-state index is 0.911. The van der Waals surface area contributed by atoms with E-state index >= 15 is 0 Å². The molecule has 29 aromatic carbocycles. The number of furan rings is 3. The highest BCUT2D eigenvalue weighted by molar-refractivity contribution is 6.24. The van der Waals surface area contributed by atoms with Crippen LogP contribution in [0.4, 0.5) is 51.2 Å². The molecule has 0 spiro atoms. The molecule has 698 valence electrons. The van der Waals surface area contributed by atoms with Crippen molar-refractivity contribution in [3.63, 3.8) is 0 Å². The second kappa shape index (κ2) is 35.0. The first-order chi connectivity index (χ1) is 74.3. The molecule has 0 radical (unpaired) electrons. The quantitative estimate of drug-likeness (QED) is 0.120. The maximum absolute atomic E-state index is 6.45. The van der Waals surface area contributed by atoms with Gasteiger partial charge in [-0.3, -0.25) is 0 Å². The van der Waals surface area contributed by atoms with Crippen LogP contribution in [0, 0.1) is 0 Å². The molecule has 32 rings (SSSR count). The number of rotatable bonds is 11. The summed E-state index contributed by atoms with van der Waals surface area (Å²) in [5.41, 5.74) is 20.4. The molecule has 0 bridgehead atoms. The summed E-state index contributed by atoms with van der Waals surface area (Å²) in [5.74, 6) is 0. The molecule has 3 heterocycles. The van der Waals surface area contributed by atoms with Gasteiger partial charge in [0, 0.05) is 99.1 Å². The summed E-state index contributed by atoms with van der Waals surface area (Å²) in [4.78, 5) is 7.22. The van der Waals surface area contributed by atoms with Gasteiger partial charge in [0.15, 0.2) is 0 Å². The van der Waals surface area contributed by atoms with Crippen LogP contribution in [0.1, 0.15) is 0 Å². The van der Waals surface area contributed by atoms with Gasteiger partial charge in [-0.25, -0.2) is 0 Å². The van der Waals surface area contributed by atoms with E-state index < -0.39 is 0 Å². The molecule has 0 amide bonds. The largest absolute Gasteiger partial charge is 0.455 e. The molecular formula is C144H89N3O3. The summed E-state index contributed by atoms with van der Waals surface area (Å²) in [6.45, 7) is 0. The lowest BCUT2D eigenvalue weighted by Crippen LogP contribution is -2.10. The van der Waals surface area contributed by atoms with Gasteiger partial charge in [0.1, 0.15) is 33.5 Å². The first-order valence-electron chi connectivity index (χ1n) is 51.4. The Labute approximate surface area is 862 Å². The SMILES string of the molecule is c1ccc2c(c1)cc(-c1ccc(N(c3ccc(-c4cc5ccccc5c5ccccc45)cc3)c3ccc4c(ccc5c6ccccc6oc45)c3)cc1)c1ccccc12.c1ccc2c(c1)ccc1cc(N(c3ccc4c(ccc5c6ccccc6oc45)c3)c3cc4ccccc4c4ccccc34)ccc12.c1ccc2c(c1)ccc1ccc(N(c3ccc4c(ccc5c6ccccc6oc45)c3)c3cc4ccccc4c4ccccc34)cc12. The Morgan fingerprint density at radius 1 is 0.113 bits per heavy atom. The summed E-state index contributed by atoms with van der Waals surface area (Å²) in [5, 5.41) is 43.6. The highest BCUT2D eigenvalue weighted by atomic mass is 16.3. The molecule has 0 saturated carbocycles. The van der Waals surface area contributed by atoms with Crippen molar-refractivity contribution in [3.05, 3.63) is 540 Å². The Balaban J connectivity index is 0.000000104. The van der Waals surface area contributed by atoms with Crippen LogP contribution in [0.3, 0.4) is 0 Å². The van der Waals surface area contributed by atoms with Gasteiger partial charge in [-0.15, -0.1) is 0 Å². The summed E-state index contributed by atoms with van der Waals surface area (Å²) in [7, 11) is 0. The van der Waals surface area contributed by atoms with Gasteiger partial charge in [-0.05, 0) is 321 Å². The maximum atomic E-state index is 6.45. The van der Waals surface area contributed by atoms with Crippen molar-refractivity contribution in [3.8, 4) is 22.3 Å². The average molecular weight is 1910 g/mol. The van der Waals surface area contributed by atoms with Crippen LogP contribution >= 0.6 is 0 Å². The maximum Gasteiger partial charge on any atom is 0.143 e. The van der Waals surface area contributed by atoms with Crippen molar-refractivity contribution in [1.82, 2.24) is 0 Å². The lowest BCUT2D eigenvalue weighted by molar-refractivity contribution is 0.672. The Kier molecular flexibility index (Phi) is 20.0. The lowest BCUT2D eigenvalue weighted by Gasteiger charge is -2.28. The van der Waals surface area contributed by atoms with E-state index in [0.29, 0.717) is 0 Å². The molecule has 0 aliphatic heterocycles. The van der Waals surface area contributed by atoms with E-state index in [-0.39, 0.29) is 0 Å². The van der Waals surface area contributed by atoms with E-state index in [1.54, 1.807) is 0 Å². The fourth-order valence-electron chi connectivity index (χ4n) is 24.1. The third kappa shape index (κ3) is 14.2. The van der Waals surface area contributed by atoms with Crippen molar-refractivity contribution >= 4 is 279 Å². The molecular weight excluding hydrogens is 1820 g/mol. The van der Waals surface area contributed by atoms with Gasteiger partial charge in [-0.2, -0.15) is 0 Å². The molecule has 6 heteroatoms. The van der Waals surface area contributed by atoms with E-state index in [1.807, 2.05) is 36.4 Å². The molecule has 0 aliphatic rings. The first kappa shape index (κ1) is 85.6. The minimum Gasteiger partial charge on any atom is -0.455 e. The highest BCUT2D eigenvalue weighted by Gasteiger charge is 2.26. The zero-order valence-corrected chi connectivity index (χ0v) is 81.5. The summed E-state index contributed by atoms with van der Waals surface area (Å²) in [6, 6.07) is 196. The minimum atomic E-state index is 0.911. The monoisotopic (exact) mass is 1910 g/mol. The molecule has 150 heavy (non-hydrogen) atoms. The summed E-state index contributed by atoms with van der Waals surface area (Å²) in [6.07, 6.45) is 0. The van der Waals surface area contributed by atoms with Crippen molar-refractivity contribution < 1.29 is 13.3 Å². The van der Waals surface area contributed by atoms with Gasteiger partial charge in [0.25, 0.3) is 0 Å². The molecule has 0 saturated heterocycles. The topological polar surface area (TPSA) is 49.1 Å². The zero-order chi connectivity index (χ0) is 98.5. The van der Waals surface area contributed by atoms with Gasteiger partial charge >= 0.3 is 0 Å². The van der Waals surface area contributed by atoms with E-state index in [2.05, 4.69) is 518 Å². The Hall–Kier alpha value is -19.9. The standard InChI is InChI=1S/C56H35NO.2C44H27NO/c1-3-13-44-38(11-1)34-53(49-17-7-5-15-47(44)49)36-21-26-41(27-22-36)57(43-30-32-46-40(33-43)25-31-52-51-19-9-10-20-55(51)58-56(46)52)42-28-23-37(24-29-42)54-35-39-12-2-4-14-45(39)48-16-6-8-18-50(48)54;1-3-11-34-28(9-1)17-18-30-25-32(20-23-36(30)34)45(42-27-29-10-2-4-12-35(29)38-13-5-6-14-39(38)42)33-21-24-37-31(26-33)19-22-41-40-15-7-8-16-43(40)46-44(37)41;1-3-11-34-28(9-1)17-18-29-19-21-33(27-41(29)34)45(42-26-30-10-2-4-12-35(30)37-13-5-6-14-38(37)42)32-22-24-36-31(25-32)20-23-40-39-15-7-8-16-43(39)46-44(36)40/h1-35H;2*1-27H. The molecule has 6 nitrogen and oxygen atoms in total. The van der Waals surface area contributed by atoms with E-state index in [4.69, 9.17) is 13.3 Å². The summed E-state index contributed by atoms with van der Waals surface area (Å²) < 4.78 is 19.3. The lowest BCUT2D eigenvalue weighted by atomic mass is 9.93. The smallest absolute Gasteiger partial charge is 0.143 e. The Bertz CT molecular complexity index is 11000. The molecule has 32 aromatic rings. The van der Waals surface area contributed by atoms with Crippen LogP contribution in [0.15, 0.2) is 553 Å². The predicted octanol–water partition coefficient (Wildman–Crippen LogP) is 41.8. The van der Waals surface area contributed by atoms with E-state index in [9.17, 15) is 0 Å². The van der Waals surface area contributed by atoms with Crippen LogP contribution in [0.5, 0.6) is 0 Å². The summed E-state index contributed by atoms with van der Waals surface area (Å²) >= 11 is 0. The number of hydrogen-bond acceptors (Lipinski definition) is 6. The van der Waals surface area contributed by atoms with Crippen molar-refractivity contribution in [2.45, 2.75) is 0 Å². The third-order valence-electron chi connectivity index (χ3n) is 31.2. The first-order valence-corrected chi connectivity index (χ1v) is 51.4. The Morgan fingerprint density at radius 2 is 0.327 bits per heavy atom. The van der Waals surface area contributed by atoms with Gasteiger partial charge in [-0.1, -0.05) is 376 Å². The zero-order valence-electron chi connectivity index (χ0n) is 81.5. The number of fused-ring (bicyclic) bond motifs is 33. The van der Waals surface area contributed by atoms with Gasteiger partial charge in [0.2, 0.25) is 0 Å². The van der Waals surface area contributed by atoms with Crippen molar-refractivity contribution in [2.75, 3.05) is 14.7 Å². The number of hydrogen-bond donors (Lipinski definition) is 0. The van der Waals surface area contributed by atoms with E-state index in [0.717, 1.165) is 149 Å². The fraction of sp³-hybridized carbons (Fsp3) is 0. The van der Waals surface area contributed by atoms with Crippen LogP contribution in [-0.2, 0) is 0 Å². The van der Waals surface area contributed by atoms with Crippen molar-refractivity contribution in [1.29, 1.82) is 0 Å². The van der Waals surface area contributed by atoms with Gasteiger partial charge in [0.05, 0.1) is 11.4 Å². The normalized spacial score (nSPS) is 11.9. The number of nitrogens with zero attached hydrogens (tertiary/aromatic N) is 3. The highest BCUT2D eigenvalue weighted by Crippen LogP contribution is 2.52. The van der Waals surface area contributed by atoms with E-state index in [1.165, 1.54) is 152 Å². The Morgan fingerprint density at radius 3 is 0.700 bits per heavy atom. The molecule has 0 N–H and O–H groups in total. The average Bonchev–Trinajstić information content (AvgIpc) is 1.21.